The van der Waals surface area contributed by atoms with Gasteiger partial charge in [0.05, 0.1) is 35.6 Å². The van der Waals surface area contributed by atoms with E-state index in [4.69, 9.17) is 5.73 Å². The molecule has 3 aliphatic carbocycles. The van der Waals surface area contributed by atoms with Crippen molar-refractivity contribution in [3.8, 4) is 0 Å². The molecule has 4 aliphatic rings. The summed E-state index contributed by atoms with van der Waals surface area (Å²) in [7, 11) is 0. The highest BCUT2D eigenvalue weighted by Gasteiger charge is 2.41. The van der Waals surface area contributed by atoms with E-state index in [1.165, 1.54) is 6.92 Å². The van der Waals surface area contributed by atoms with Gasteiger partial charge in [-0.3, -0.25) is 38.4 Å². The van der Waals surface area contributed by atoms with Crippen LogP contribution >= 0.6 is 0 Å². The lowest BCUT2D eigenvalue weighted by Gasteiger charge is -2.28. The Morgan fingerprint density at radius 2 is 1.17 bits per heavy atom. The molecule has 8 amide bonds. The van der Waals surface area contributed by atoms with Crippen molar-refractivity contribution in [2.24, 2.45) is 41.2 Å². The number of fused-ring (bicyclic) bond motifs is 2. The predicted octanol–water partition coefficient (Wildman–Crippen LogP) is 4.37. The smallest absolute Gasteiger partial charge is 0.226 e. The Labute approximate surface area is 451 Å². The lowest BCUT2D eigenvalue weighted by molar-refractivity contribution is -0.130. The average molecular weight is 1050 g/mol. The third-order valence-corrected chi connectivity index (χ3v) is 16.4. The second-order valence-electron chi connectivity index (χ2n) is 22.7. The summed E-state index contributed by atoms with van der Waals surface area (Å²) in [5.41, 5.74) is 7.62. The third kappa shape index (κ3) is 15.2. The van der Waals surface area contributed by atoms with E-state index in [0.29, 0.717) is 70.9 Å². The predicted molar refractivity (Wildman–Crippen MR) is 295 cm³/mol. The largest absolute Gasteiger partial charge is 0.370 e. The molecule has 0 radical (unpaired) electrons. The SMILES string of the molecule is CC(=O)N[C@@H]1CCC[C@@H]1C(=O)N[C@H](CC(=O)N[C@@H]1CCC[C@@H]1C(=O)N[C@@H]1CNC[C@@H]1C(=O)NC[C@H](CC(C)C)C(=O)N[C@@H]1CCC[C@@H]1C(=O)N[C@H](CC(N)=O)Cc1cccc2ccccc12)Cc1ccc2ccccc2c1. The van der Waals surface area contributed by atoms with Crippen molar-refractivity contribution < 1.29 is 38.4 Å². The van der Waals surface area contributed by atoms with Crippen LogP contribution in [0.2, 0.25) is 0 Å². The molecule has 4 fully saturated rings. The van der Waals surface area contributed by atoms with Crippen LogP contribution in [0.1, 0.15) is 109 Å². The number of amides is 8. The van der Waals surface area contributed by atoms with Gasteiger partial charge in [-0.05, 0) is 96.4 Å². The first-order valence-corrected chi connectivity index (χ1v) is 28.1. The van der Waals surface area contributed by atoms with E-state index in [1.54, 1.807) is 0 Å². The second kappa shape index (κ2) is 26.4. The number of nitrogens with two attached hydrogens (primary N) is 1. The van der Waals surface area contributed by atoms with Crippen LogP contribution in [-0.2, 0) is 51.2 Å². The number of benzene rings is 4. The van der Waals surface area contributed by atoms with Crippen molar-refractivity contribution in [3.63, 3.8) is 0 Å². The minimum atomic E-state index is -0.606. The zero-order valence-electron chi connectivity index (χ0n) is 44.9. The van der Waals surface area contributed by atoms with E-state index < -0.39 is 65.7 Å². The zero-order chi connectivity index (χ0) is 54.6. The number of primary amides is 1. The molecule has 11 atom stereocenters. The Morgan fingerprint density at radius 1 is 0.571 bits per heavy atom. The van der Waals surface area contributed by atoms with Crippen LogP contribution in [0, 0.1) is 35.5 Å². The highest BCUT2D eigenvalue weighted by molar-refractivity contribution is 5.89. The molecule has 3 saturated carbocycles. The molecular weight excluding hydrogens is 975 g/mol. The minimum Gasteiger partial charge on any atom is -0.370 e. The summed E-state index contributed by atoms with van der Waals surface area (Å²) in [6, 6.07) is 25.3. The summed E-state index contributed by atoms with van der Waals surface area (Å²) in [5, 5.41) is 29.1. The van der Waals surface area contributed by atoms with Gasteiger partial charge in [0.2, 0.25) is 47.3 Å². The molecule has 0 bridgehead atoms. The number of rotatable bonds is 23. The third-order valence-electron chi connectivity index (χ3n) is 16.4. The molecule has 77 heavy (non-hydrogen) atoms. The first-order valence-electron chi connectivity index (χ1n) is 28.1. The molecule has 17 nitrogen and oxygen atoms in total. The molecule has 4 aromatic rings. The number of hydrogen-bond acceptors (Lipinski definition) is 9. The number of hydrogen-bond donors (Lipinski definition) is 9. The van der Waals surface area contributed by atoms with Crippen LogP contribution in [-0.4, -0.2) is 103 Å². The molecule has 1 aliphatic heterocycles. The van der Waals surface area contributed by atoms with Gasteiger partial charge in [-0.2, -0.15) is 0 Å². The van der Waals surface area contributed by atoms with Crippen LogP contribution in [0.15, 0.2) is 84.9 Å². The van der Waals surface area contributed by atoms with Crippen molar-refractivity contribution >= 4 is 68.8 Å². The van der Waals surface area contributed by atoms with E-state index in [1.807, 2.05) is 92.7 Å². The Kier molecular flexibility index (Phi) is 19.3. The lowest BCUT2D eigenvalue weighted by Crippen LogP contribution is -2.52. The highest BCUT2D eigenvalue weighted by atomic mass is 16.2. The molecule has 0 spiro atoms. The first-order chi connectivity index (χ1) is 37.1. The fraction of sp³-hybridized carbons (Fsp3) is 0.533. The van der Waals surface area contributed by atoms with Crippen molar-refractivity contribution in [2.45, 2.75) is 147 Å². The normalized spacial score (nSPS) is 24.2. The molecule has 8 rings (SSSR count). The Hall–Kier alpha value is -6.88. The van der Waals surface area contributed by atoms with E-state index in [2.05, 4.69) is 48.6 Å². The van der Waals surface area contributed by atoms with E-state index >= 15 is 0 Å². The van der Waals surface area contributed by atoms with Crippen LogP contribution in [0.25, 0.3) is 21.5 Å². The van der Waals surface area contributed by atoms with Gasteiger partial charge in [-0.25, -0.2) is 0 Å². The summed E-state index contributed by atoms with van der Waals surface area (Å²) in [4.78, 5) is 108. The van der Waals surface area contributed by atoms with Crippen LogP contribution in [0.4, 0.5) is 0 Å². The monoisotopic (exact) mass is 1050 g/mol. The molecule has 412 valence electrons. The minimum absolute atomic E-state index is 0.00583. The molecule has 0 aromatic heterocycles. The van der Waals surface area contributed by atoms with Crippen molar-refractivity contribution in [1.29, 1.82) is 0 Å². The second-order valence-corrected chi connectivity index (χ2v) is 22.7. The lowest BCUT2D eigenvalue weighted by atomic mass is 9.93. The molecule has 0 unspecified atom stereocenters. The fourth-order valence-corrected chi connectivity index (χ4v) is 12.6. The quantitative estimate of drug-likeness (QED) is 0.0511. The Bertz CT molecular complexity index is 2780. The van der Waals surface area contributed by atoms with E-state index in [-0.39, 0.29) is 72.7 Å². The zero-order valence-corrected chi connectivity index (χ0v) is 44.9. The molecule has 10 N–H and O–H groups in total. The van der Waals surface area contributed by atoms with Gasteiger partial charge in [0.15, 0.2) is 0 Å². The summed E-state index contributed by atoms with van der Waals surface area (Å²) < 4.78 is 0. The highest BCUT2D eigenvalue weighted by Crippen LogP contribution is 2.30. The topological polar surface area (TPSA) is 259 Å². The van der Waals surface area contributed by atoms with Crippen LogP contribution in [0.3, 0.4) is 0 Å². The molecule has 17 heteroatoms. The van der Waals surface area contributed by atoms with Gasteiger partial charge in [0.1, 0.15) is 0 Å². The van der Waals surface area contributed by atoms with Crippen molar-refractivity contribution in [2.75, 3.05) is 19.6 Å². The van der Waals surface area contributed by atoms with E-state index in [0.717, 1.165) is 51.9 Å². The molecular formula is C60H79N9O8. The first kappa shape index (κ1) is 56.3. The van der Waals surface area contributed by atoms with Gasteiger partial charge in [-0.1, -0.05) is 118 Å². The summed E-state index contributed by atoms with van der Waals surface area (Å²) in [6.45, 7) is 6.25. The van der Waals surface area contributed by atoms with Crippen molar-refractivity contribution in [1.82, 2.24) is 42.5 Å². The van der Waals surface area contributed by atoms with Crippen LogP contribution < -0.4 is 48.3 Å². The number of carbonyl (C=O) groups excluding carboxylic acids is 8. The van der Waals surface area contributed by atoms with Crippen molar-refractivity contribution in [3.05, 3.63) is 96.1 Å². The Morgan fingerprint density at radius 3 is 1.83 bits per heavy atom. The maximum atomic E-state index is 14.1. The number of nitrogens with one attached hydrogen (secondary N) is 8. The molecule has 1 heterocycles. The van der Waals surface area contributed by atoms with Gasteiger partial charge in [0.25, 0.3) is 0 Å². The van der Waals surface area contributed by atoms with Crippen LogP contribution in [0.5, 0.6) is 0 Å². The van der Waals surface area contributed by atoms with E-state index in [9.17, 15) is 38.4 Å². The average Bonchev–Trinajstić information content (AvgIpc) is 4.24. The standard InChI is InChI=1S/C60H79N9O8/c1-35(2)26-42(56(73)68-52-23-11-20-48(52)59(76)66-44(30-54(61)71)29-41-16-8-15-39-13-6-7-17-45(39)41)32-63-57(74)49-33-62-34-53(49)69-60(77)47-19-10-22-51(47)67-55(72)31-43(28-37-24-25-38-12-4-5-14-40(38)27-37)65-58(75)46-18-9-21-50(46)64-36(3)70/h4-8,12-17,24-25,27,35,42-44,46-53,62H,9-11,18-23,26,28-34H2,1-3H3,(H2,61,71)(H,63,74)(H,64,70)(H,65,75)(H,66,76)(H,67,72)(H,68,73)(H,69,77)/t42-,43-,44-,46-,47-,48-,49-,50+,51+,52+,53+/m0/s1. The summed E-state index contributed by atoms with van der Waals surface area (Å²) in [6.07, 6.45) is 7.27. The fourth-order valence-electron chi connectivity index (χ4n) is 12.6. The van der Waals surface area contributed by atoms with Gasteiger partial charge in [-0.15, -0.1) is 0 Å². The molecule has 4 aromatic carbocycles. The molecule has 1 saturated heterocycles. The summed E-state index contributed by atoms with van der Waals surface area (Å²) >= 11 is 0. The van der Waals surface area contributed by atoms with Gasteiger partial charge >= 0.3 is 0 Å². The van der Waals surface area contributed by atoms with Gasteiger partial charge < -0.3 is 48.3 Å². The maximum absolute atomic E-state index is 14.1. The number of carbonyl (C=O) groups is 8. The van der Waals surface area contributed by atoms with Gasteiger partial charge in [0, 0.05) is 69.6 Å². The Balaban J connectivity index is 0.841. The summed E-state index contributed by atoms with van der Waals surface area (Å²) in [5.74, 6) is -4.67. The maximum Gasteiger partial charge on any atom is 0.226 e.